The van der Waals surface area contributed by atoms with Crippen molar-refractivity contribution in [3.05, 3.63) is 59.2 Å². The molecule has 9 heteroatoms. The number of hydrogen-bond acceptors (Lipinski definition) is 6. The fraction of sp³-hybridized carbons (Fsp3) is 0.548. The maximum absolute atomic E-state index is 13.4. The minimum absolute atomic E-state index is 0.192. The summed E-state index contributed by atoms with van der Waals surface area (Å²) in [7, 11) is -3.37. The molecule has 2 unspecified atom stereocenters. The zero-order valence-corrected chi connectivity index (χ0v) is 25.6. The molecule has 0 spiro atoms. The van der Waals surface area contributed by atoms with Crippen LogP contribution in [0.25, 0.3) is 11.1 Å². The summed E-state index contributed by atoms with van der Waals surface area (Å²) in [6, 6.07) is 13.3. The fourth-order valence-electron chi connectivity index (χ4n) is 5.29. The average Bonchev–Trinajstić information content (AvgIpc) is 2.92. The second-order valence-electron chi connectivity index (χ2n) is 10.9. The Morgan fingerprint density at radius 1 is 1.05 bits per heavy atom. The summed E-state index contributed by atoms with van der Waals surface area (Å²) in [6.45, 7) is 4.18. The minimum Gasteiger partial charge on any atom is -0.480 e. The number of rotatable bonds is 15. The summed E-state index contributed by atoms with van der Waals surface area (Å²) >= 11 is 1.96. The number of sulfone groups is 1. The van der Waals surface area contributed by atoms with Crippen LogP contribution in [0.15, 0.2) is 42.5 Å². The standard InChI is InChI=1S/C31H44N2O5S2/c1-4-39-21-25(32-24-11-6-5-7-12-24)16-14-23-15-17-27(28(20-23)26-13-9-8-10-22(26)2)30(34)33-29(31(35)36)18-19-40(3,37)38/h8-10,13,15,17,20,24-25,29,32H,4-7,11-12,14,16,18-19,21H2,1-3H3,(H,33,34)(H,35,36). The predicted molar refractivity (Wildman–Crippen MR) is 165 cm³/mol. The normalized spacial score (nSPS) is 15.9. The highest BCUT2D eigenvalue weighted by Gasteiger charge is 2.24. The number of benzene rings is 2. The minimum atomic E-state index is -3.37. The molecule has 0 aliphatic heterocycles. The van der Waals surface area contributed by atoms with Crippen molar-refractivity contribution in [1.82, 2.24) is 10.6 Å². The highest BCUT2D eigenvalue weighted by Crippen LogP contribution is 2.29. The van der Waals surface area contributed by atoms with Crippen LogP contribution in [0.2, 0.25) is 0 Å². The fourth-order valence-corrected chi connectivity index (χ4v) is 6.73. The highest BCUT2D eigenvalue weighted by atomic mass is 32.2. The van der Waals surface area contributed by atoms with Crippen molar-refractivity contribution in [3.8, 4) is 11.1 Å². The molecule has 1 amide bonds. The van der Waals surface area contributed by atoms with Gasteiger partial charge in [-0.1, -0.05) is 62.6 Å². The topological polar surface area (TPSA) is 113 Å². The number of hydrogen-bond donors (Lipinski definition) is 3. The molecule has 2 atom stereocenters. The Morgan fingerprint density at radius 2 is 1.77 bits per heavy atom. The number of carboxylic acids is 1. The first-order chi connectivity index (χ1) is 19.1. The Morgan fingerprint density at radius 3 is 2.42 bits per heavy atom. The van der Waals surface area contributed by atoms with Crippen LogP contribution in [-0.2, 0) is 21.1 Å². The van der Waals surface area contributed by atoms with Crippen molar-refractivity contribution in [3.63, 3.8) is 0 Å². The summed E-state index contributed by atoms with van der Waals surface area (Å²) in [5.74, 6) is 0.0583. The summed E-state index contributed by atoms with van der Waals surface area (Å²) in [4.78, 5) is 25.2. The van der Waals surface area contributed by atoms with E-state index in [9.17, 15) is 23.1 Å². The molecular formula is C31H44N2O5S2. The van der Waals surface area contributed by atoms with E-state index in [-0.39, 0.29) is 12.2 Å². The van der Waals surface area contributed by atoms with Crippen LogP contribution in [0.4, 0.5) is 0 Å². The Kier molecular flexibility index (Phi) is 12.5. The molecule has 2 aromatic carbocycles. The molecule has 0 heterocycles. The molecule has 2 aromatic rings. The van der Waals surface area contributed by atoms with Gasteiger partial charge in [0.25, 0.3) is 5.91 Å². The van der Waals surface area contributed by atoms with Gasteiger partial charge in [0.05, 0.1) is 5.75 Å². The van der Waals surface area contributed by atoms with E-state index in [4.69, 9.17) is 0 Å². The SMILES string of the molecule is CCSCC(CCc1ccc(C(=O)NC(CCS(C)(=O)=O)C(=O)O)c(-c2ccccc2C)c1)NC1CCCCC1. The van der Waals surface area contributed by atoms with Crippen LogP contribution in [0.3, 0.4) is 0 Å². The van der Waals surface area contributed by atoms with Gasteiger partial charge in [-0.3, -0.25) is 4.79 Å². The Bertz CT molecular complexity index is 1240. The van der Waals surface area contributed by atoms with E-state index < -0.39 is 27.8 Å². The lowest BCUT2D eigenvalue weighted by Crippen LogP contribution is -2.42. The van der Waals surface area contributed by atoms with Crippen LogP contribution in [0, 0.1) is 6.92 Å². The maximum atomic E-state index is 13.4. The van der Waals surface area contributed by atoms with Gasteiger partial charge in [-0.05, 0) is 73.1 Å². The van der Waals surface area contributed by atoms with Gasteiger partial charge in [-0.25, -0.2) is 13.2 Å². The van der Waals surface area contributed by atoms with Gasteiger partial charge in [0.2, 0.25) is 0 Å². The third-order valence-electron chi connectivity index (χ3n) is 7.53. The van der Waals surface area contributed by atoms with Gasteiger partial charge in [0, 0.05) is 29.7 Å². The molecule has 1 fully saturated rings. The molecule has 40 heavy (non-hydrogen) atoms. The van der Waals surface area contributed by atoms with E-state index in [1.807, 2.05) is 55.1 Å². The molecule has 1 aliphatic carbocycles. The summed E-state index contributed by atoms with van der Waals surface area (Å²) in [5, 5.41) is 16.1. The number of amides is 1. The number of carbonyl (C=O) groups is 2. The van der Waals surface area contributed by atoms with Crippen LogP contribution in [0.1, 0.15) is 73.4 Å². The molecular weight excluding hydrogens is 544 g/mol. The third kappa shape index (κ3) is 10.2. The number of nitrogens with one attached hydrogen (secondary N) is 2. The van der Waals surface area contributed by atoms with E-state index in [1.54, 1.807) is 6.07 Å². The maximum Gasteiger partial charge on any atom is 0.326 e. The first-order valence-corrected chi connectivity index (χ1v) is 17.5. The molecule has 0 radical (unpaired) electrons. The van der Waals surface area contributed by atoms with Crippen molar-refractivity contribution in [2.24, 2.45) is 0 Å². The molecule has 0 saturated heterocycles. The molecule has 0 bridgehead atoms. The van der Waals surface area contributed by atoms with Crippen LogP contribution < -0.4 is 10.6 Å². The number of carboxylic acid groups (broad SMARTS) is 1. The largest absolute Gasteiger partial charge is 0.480 e. The number of aryl methyl sites for hydroxylation is 2. The van der Waals surface area contributed by atoms with Crippen LogP contribution in [0.5, 0.6) is 0 Å². The Hall–Kier alpha value is -2.36. The van der Waals surface area contributed by atoms with Gasteiger partial charge in [-0.15, -0.1) is 0 Å². The molecule has 3 N–H and O–H groups in total. The predicted octanol–water partition coefficient (Wildman–Crippen LogP) is 5.26. The number of aliphatic carboxylic acids is 1. The van der Waals surface area contributed by atoms with E-state index >= 15 is 0 Å². The summed E-state index contributed by atoms with van der Waals surface area (Å²) < 4.78 is 23.2. The molecule has 1 aliphatic rings. The van der Waals surface area contributed by atoms with Gasteiger partial charge in [0.15, 0.2) is 0 Å². The molecule has 3 rings (SSSR count). The zero-order valence-electron chi connectivity index (χ0n) is 23.9. The number of carbonyl (C=O) groups excluding carboxylic acids is 1. The Labute approximate surface area is 243 Å². The summed E-state index contributed by atoms with van der Waals surface area (Å²) in [5.41, 5.74) is 4.17. The van der Waals surface area contributed by atoms with Gasteiger partial charge in [-0.2, -0.15) is 11.8 Å². The molecule has 0 aromatic heterocycles. The van der Waals surface area contributed by atoms with E-state index in [0.717, 1.165) is 52.9 Å². The van der Waals surface area contributed by atoms with Gasteiger partial charge in [0.1, 0.15) is 15.9 Å². The zero-order chi connectivity index (χ0) is 29.1. The monoisotopic (exact) mass is 588 g/mol. The number of thioether (sulfide) groups is 1. The van der Waals surface area contributed by atoms with Crippen molar-refractivity contribution >= 4 is 33.5 Å². The smallest absolute Gasteiger partial charge is 0.326 e. The van der Waals surface area contributed by atoms with E-state index in [0.29, 0.717) is 17.6 Å². The second kappa shape index (κ2) is 15.6. The quantitative estimate of drug-likeness (QED) is 0.260. The molecule has 7 nitrogen and oxygen atoms in total. The van der Waals surface area contributed by atoms with Crippen molar-refractivity contribution in [1.29, 1.82) is 0 Å². The average molecular weight is 589 g/mol. The van der Waals surface area contributed by atoms with Crippen molar-refractivity contribution in [2.75, 3.05) is 23.5 Å². The third-order valence-corrected chi connectivity index (χ3v) is 9.55. The molecule has 1 saturated carbocycles. The lowest BCUT2D eigenvalue weighted by molar-refractivity contribution is -0.139. The first-order valence-electron chi connectivity index (χ1n) is 14.3. The lowest BCUT2D eigenvalue weighted by Gasteiger charge is -2.28. The second-order valence-corrected chi connectivity index (χ2v) is 14.5. The molecule has 220 valence electrons. The lowest BCUT2D eigenvalue weighted by atomic mass is 9.91. The summed E-state index contributed by atoms with van der Waals surface area (Å²) in [6.07, 6.45) is 9.14. The van der Waals surface area contributed by atoms with Gasteiger partial charge >= 0.3 is 5.97 Å². The Balaban J connectivity index is 1.83. The van der Waals surface area contributed by atoms with E-state index in [2.05, 4.69) is 17.6 Å². The van der Waals surface area contributed by atoms with Crippen LogP contribution >= 0.6 is 11.8 Å². The van der Waals surface area contributed by atoms with E-state index in [1.165, 1.54) is 32.1 Å². The van der Waals surface area contributed by atoms with Crippen molar-refractivity contribution < 1.29 is 23.1 Å². The van der Waals surface area contributed by atoms with Crippen LogP contribution in [-0.4, -0.2) is 67.0 Å². The van der Waals surface area contributed by atoms with Crippen molar-refractivity contribution in [2.45, 2.75) is 83.3 Å². The highest BCUT2D eigenvalue weighted by molar-refractivity contribution is 7.99. The van der Waals surface area contributed by atoms with Gasteiger partial charge < -0.3 is 15.7 Å². The first kappa shape index (κ1) is 32.2.